The van der Waals surface area contributed by atoms with Crippen molar-refractivity contribution in [1.82, 2.24) is 15.2 Å². The molecule has 1 aromatic rings. The highest BCUT2D eigenvalue weighted by molar-refractivity contribution is 14.0. The number of aromatic nitrogens is 1. The Morgan fingerprint density at radius 2 is 2.13 bits per heavy atom. The first-order chi connectivity index (χ1) is 14.1. The molecule has 8 heteroatoms. The molecule has 0 aromatic carbocycles. The number of amides is 1. The fourth-order valence-electron chi connectivity index (χ4n) is 3.71. The van der Waals surface area contributed by atoms with Crippen LogP contribution in [0.25, 0.3) is 0 Å². The molecule has 7 nitrogen and oxygen atoms in total. The third-order valence-electron chi connectivity index (χ3n) is 5.48. The number of nitrogens with two attached hydrogens (primary N) is 1. The molecule has 0 unspecified atom stereocenters. The van der Waals surface area contributed by atoms with Crippen LogP contribution in [0.3, 0.4) is 0 Å². The molecule has 2 rings (SSSR count). The maximum atomic E-state index is 11.4. The number of carbonyl (C=O) groups excluding carboxylic acids is 1. The van der Waals surface area contributed by atoms with E-state index in [0.717, 1.165) is 62.7 Å². The predicted octanol–water partition coefficient (Wildman–Crippen LogP) is 3.15. The second-order valence-electron chi connectivity index (χ2n) is 7.61. The number of rotatable bonds is 10. The predicted molar refractivity (Wildman–Crippen MR) is 135 cm³/mol. The lowest BCUT2D eigenvalue weighted by Crippen LogP contribution is -2.41. The summed E-state index contributed by atoms with van der Waals surface area (Å²) in [5.74, 6) is 1.65. The fourth-order valence-corrected chi connectivity index (χ4v) is 3.71. The number of guanidine groups is 1. The molecule has 1 aliphatic rings. The van der Waals surface area contributed by atoms with Gasteiger partial charge in [-0.25, -0.2) is 4.98 Å². The Bertz CT molecular complexity index is 688. The van der Waals surface area contributed by atoms with Gasteiger partial charge in [0.2, 0.25) is 5.91 Å². The normalized spacial score (nSPS) is 14.7. The maximum Gasteiger partial charge on any atom is 0.220 e. The van der Waals surface area contributed by atoms with Gasteiger partial charge in [-0.15, -0.1) is 30.6 Å². The maximum absolute atomic E-state index is 11.4. The van der Waals surface area contributed by atoms with Crippen LogP contribution in [0.5, 0.6) is 0 Å². The van der Waals surface area contributed by atoms with Gasteiger partial charge in [0.1, 0.15) is 5.82 Å². The Morgan fingerprint density at radius 1 is 1.40 bits per heavy atom. The first-order valence-electron chi connectivity index (χ1n) is 10.6. The fraction of sp³-hybridized carbons (Fsp3) is 0.591. The number of halogens is 1. The summed E-state index contributed by atoms with van der Waals surface area (Å²) in [4.78, 5) is 24.9. The number of hydrogen-bond acceptors (Lipinski definition) is 4. The molecule has 30 heavy (non-hydrogen) atoms. The zero-order valence-corrected chi connectivity index (χ0v) is 20.7. The topological polar surface area (TPSA) is 86.8 Å². The average Bonchev–Trinajstić information content (AvgIpc) is 2.74. The lowest BCUT2D eigenvalue weighted by atomic mass is 9.96. The van der Waals surface area contributed by atoms with Crippen molar-refractivity contribution in [3.63, 3.8) is 0 Å². The molecule has 1 amide bonds. The molecule has 1 aromatic heterocycles. The molecular weight excluding hydrogens is 491 g/mol. The minimum absolute atomic E-state index is 0. The average molecular weight is 528 g/mol. The van der Waals surface area contributed by atoms with Crippen molar-refractivity contribution in [3.05, 3.63) is 36.5 Å². The zero-order valence-electron chi connectivity index (χ0n) is 18.3. The Kier molecular flexibility index (Phi) is 12.4. The van der Waals surface area contributed by atoms with Gasteiger partial charge in [0.25, 0.3) is 0 Å². The lowest BCUT2D eigenvalue weighted by molar-refractivity contribution is -0.122. The van der Waals surface area contributed by atoms with Crippen LogP contribution in [0.4, 0.5) is 5.82 Å². The second kappa shape index (κ2) is 14.2. The van der Waals surface area contributed by atoms with E-state index in [0.29, 0.717) is 6.54 Å². The summed E-state index contributed by atoms with van der Waals surface area (Å²) in [5, 5.41) is 3.46. The van der Waals surface area contributed by atoms with Crippen molar-refractivity contribution in [3.8, 4) is 0 Å². The summed E-state index contributed by atoms with van der Waals surface area (Å²) in [6.07, 6.45) is 9.98. The van der Waals surface area contributed by atoms with E-state index in [-0.39, 0.29) is 35.8 Å². The van der Waals surface area contributed by atoms with E-state index >= 15 is 0 Å². The molecule has 0 radical (unpaired) electrons. The highest BCUT2D eigenvalue weighted by atomic mass is 127. The molecule has 0 spiro atoms. The molecule has 3 N–H and O–H groups in total. The molecule has 0 atom stereocenters. The molecule has 1 saturated heterocycles. The molecule has 0 bridgehead atoms. The number of piperidine rings is 1. The number of nitrogens with one attached hydrogen (secondary N) is 1. The largest absolute Gasteiger partial charge is 0.369 e. The molecule has 2 heterocycles. The molecule has 0 aliphatic carbocycles. The number of anilines is 1. The van der Waals surface area contributed by atoms with Gasteiger partial charge in [-0.3, -0.25) is 9.79 Å². The second-order valence-corrected chi connectivity index (χ2v) is 7.61. The Morgan fingerprint density at radius 3 is 2.77 bits per heavy atom. The first kappa shape index (κ1) is 26.2. The third kappa shape index (κ3) is 8.12. The molecule has 1 fully saturated rings. The summed E-state index contributed by atoms with van der Waals surface area (Å²) >= 11 is 0. The molecule has 168 valence electrons. The van der Waals surface area contributed by atoms with Crippen LogP contribution >= 0.6 is 24.0 Å². The van der Waals surface area contributed by atoms with Crippen molar-refractivity contribution in [1.29, 1.82) is 0 Å². The van der Waals surface area contributed by atoms with E-state index in [1.54, 1.807) is 0 Å². The highest BCUT2D eigenvalue weighted by Gasteiger charge is 2.25. The summed E-state index contributed by atoms with van der Waals surface area (Å²) in [7, 11) is 3.89. The van der Waals surface area contributed by atoms with Crippen molar-refractivity contribution in [2.24, 2.45) is 16.6 Å². The summed E-state index contributed by atoms with van der Waals surface area (Å²) in [5.41, 5.74) is 6.59. The smallest absolute Gasteiger partial charge is 0.220 e. The van der Waals surface area contributed by atoms with Gasteiger partial charge in [0, 0.05) is 58.0 Å². The summed E-state index contributed by atoms with van der Waals surface area (Å²) < 4.78 is 0. The van der Waals surface area contributed by atoms with Gasteiger partial charge in [0.15, 0.2) is 5.96 Å². The summed E-state index contributed by atoms with van der Waals surface area (Å²) in [6.45, 7) is 7.01. The lowest BCUT2D eigenvalue weighted by Gasteiger charge is -2.32. The number of pyridine rings is 1. The van der Waals surface area contributed by atoms with Crippen molar-refractivity contribution < 1.29 is 4.79 Å². The number of hydrogen-bond donors (Lipinski definition) is 2. The number of allylic oxidation sites excluding steroid dienone is 1. The van der Waals surface area contributed by atoms with Crippen LogP contribution in [0.2, 0.25) is 0 Å². The minimum atomic E-state index is -0.191. The van der Waals surface area contributed by atoms with Crippen LogP contribution in [0, 0.1) is 5.92 Å². The minimum Gasteiger partial charge on any atom is -0.369 e. The molecular formula is C22H37IN6O. The monoisotopic (exact) mass is 528 g/mol. The van der Waals surface area contributed by atoms with Crippen LogP contribution in [-0.4, -0.2) is 55.5 Å². The Balaban J connectivity index is 0.00000450. The number of primary amides is 1. The number of unbranched alkanes of at least 4 members (excludes halogenated alkanes) is 3. The van der Waals surface area contributed by atoms with Gasteiger partial charge in [-0.05, 0) is 38.2 Å². The van der Waals surface area contributed by atoms with Crippen LogP contribution < -0.4 is 16.0 Å². The van der Waals surface area contributed by atoms with E-state index in [1.807, 2.05) is 25.4 Å². The van der Waals surface area contributed by atoms with E-state index in [4.69, 9.17) is 5.73 Å². The Labute approximate surface area is 198 Å². The van der Waals surface area contributed by atoms with E-state index in [9.17, 15) is 4.79 Å². The molecule has 0 saturated carbocycles. The SMILES string of the molecule is C=CCCCCCN(C)C(=NC)NCc1cccnc1N1CCC(C(N)=O)CC1.I. The van der Waals surface area contributed by atoms with Crippen molar-refractivity contribution in [2.45, 2.75) is 45.1 Å². The Hall–Kier alpha value is -1.84. The number of nitrogens with zero attached hydrogens (tertiary/aromatic N) is 4. The van der Waals surface area contributed by atoms with Crippen LogP contribution in [0.1, 0.15) is 44.1 Å². The highest BCUT2D eigenvalue weighted by Crippen LogP contribution is 2.24. The van der Waals surface area contributed by atoms with E-state index < -0.39 is 0 Å². The van der Waals surface area contributed by atoms with Crippen molar-refractivity contribution >= 4 is 41.7 Å². The van der Waals surface area contributed by atoms with E-state index in [2.05, 4.69) is 44.8 Å². The number of carbonyl (C=O) groups is 1. The van der Waals surface area contributed by atoms with E-state index in [1.165, 1.54) is 12.8 Å². The molecule has 1 aliphatic heterocycles. The number of aliphatic imine (C=N–C) groups is 1. The standard InChI is InChI=1S/C22H36N6O.HI/c1-4-5-6-7-8-14-27(3)22(24-2)26-17-19-10-9-13-25-21(19)28-15-11-18(12-16-28)20(23)29;/h4,9-10,13,18H,1,5-8,11-12,14-17H2,2-3H3,(H2,23,29)(H,24,26);1H. The first-order valence-corrected chi connectivity index (χ1v) is 10.6. The third-order valence-corrected chi connectivity index (χ3v) is 5.48. The van der Waals surface area contributed by atoms with Gasteiger partial charge < -0.3 is 20.9 Å². The van der Waals surface area contributed by atoms with Crippen molar-refractivity contribution in [2.75, 3.05) is 38.6 Å². The van der Waals surface area contributed by atoms with Gasteiger partial charge in [0.05, 0.1) is 0 Å². The summed E-state index contributed by atoms with van der Waals surface area (Å²) in [6, 6.07) is 4.06. The van der Waals surface area contributed by atoms with Gasteiger partial charge in [-0.1, -0.05) is 18.6 Å². The van der Waals surface area contributed by atoms with Crippen LogP contribution in [0.15, 0.2) is 36.0 Å². The quantitative estimate of drug-likeness (QED) is 0.160. The van der Waals surface area contributed by atoms with Gasteiger partial charge in [-0.2, -0.15) is 0 Å². The zero-order chi connectivity index (χ0) is 21.1. The van der Waals surface area contributed by atoms with Crippen LogP contribution in [-0.2, 0) is 11.3 Å². The van der Waals surface area contributed by atoms with Gasteiger partial charge >= 0.3 is 0 Å².